The maximum absolute atomic E-state index is 5.45. The first-order valence-corrected chi connectivity index (χ1v) is 9.85. The van der Waals surface area contributed by atoms with E-state index < -0.39 is 0 Å². The molecular formula is C20H31IN4O2S. The second-order valence-electron chi connectivity index (χ2n) is 6.40. The van der Waals surface area contributed by atoms with Gasteiger partial charge in [-0.3, -0.25) is 0 Å². The molecule has 0 aliphatic rings. The second-order valence-corrected chi connectivity index (χ2v) is 7.69. The van der Waals surface area contributed by atoms with Crippen LogP contribution < -0.4 is 14.8 Å². The number of aromatic nitrogens is 1. The van der Waals surface area contributed by atoms with Crippen LogP contribution in [-0.2, 0) is 13.1 Å². The number of hydrogen-bond acceptors (Lipinski definition) is 5. The summed E-state index contributed by atoms with van der Waals surface area (Å²) in [5.41, 5.74) is 3.39. The smallest absolute Gasteiger partial charge is 0.194 e. The predicted molar refractivity (Wildman–Crippen MR) is 128 cm³/mol. The first kappa shape index (κ1) is 24.5. The van der Waals surface area contributed by atoms with Gasteiger partial charge in [-0.1, -0.05) is 0 Å². The van der Waals surface area contributed by atoms with Gasteiger partial charge in [0.2, 0.25) is 0 Å². The molecule has 0 saturated heterocycles. The maximum Gasteiger partial charge on any atom is 0.194 e. The topological polar surface area (TPSA) is 59.0 Å². The fraction of sp³-hybridized carbons (Fsp3) is 0.500. The number of halogens is 1. The number of benzene rings is 1. The van der Waals surface area contributed by atoms with E-state index in [1.807, 2.05) is 33.0 Å². The fourth-order valence-corrected chi connectivity index (χ4v) is 3.72. The number of ether oxygens (including phenoxy) is 2. The van der Waals surface area contributed by atoms with E-state index in [0.29, 0.717) is 6.54 Å². The molecule has 1 N–H and O–H groups in total. The Labute approximate surface area is 189 Å². The van der Waals surface area contributed by atoms with Crippen LogP contribution in [0.5, 0.6) is 11.5 Å². The molecule has 0 fully saturated rings. The van der Waals surface area contributed by atoms with Gasteiger partial charge in [0.1, 0.15) is 0 Å². The van der Waals surface area contributed by atoms with Crippen LogP contribution in [0.15, 0.2) is 17.1 Å². The highest BCUT2D eigenvalue weighted by Crippen LogP contribution is 2.30. The van der Waals surface area contributed by atoms with E-state index in [1.165, 1.54) is 10.4 Å². The number of methoxy groups -OCH3 is 2. The Bertz CT molecular complexity index is 808. The standard InChI is InChI=1S/C20H30N4O2S.HI/c1-8-21-20(22-11-19-14(3)23-15(4)27-19)24(5)12-16-10-18(26-7)17(25-6)9-13(16)2;/h9-10H,8,11-12H2,1-7H3,(H,21,22);1H. The van der Waals surface area contributed by atoms with Crippen molar-refractivity contribution in [2.24, 2.45) is 4.99 Å². The quantitative estimate of drug-likeness (QED) is 0.337. The van der Waals surface area contributed by atoms with Crippen molar-refractivity contribution >= 4 is 41.3 Å². The van der Waals surface area contributed by atoms with E-state index in [1.54, 1.807) is 25.6 Å². The van der Waals surface area contributed by atoms with Crippen molar-refractivity contribution in [1.82, 2.24) is 15.2 Å². The lowest BCUT2D eigenvalue weighted by molar-refractivity contribution is 0.353. The molecule has 2 aromatic rings. The van der Waals surface area contributed by atoms with E-state index in [2.05, 4.69) is 29.0 Å². The minimum absolute atomic E-state index is 0. The van der Waals surface area contributed by atoms with Crippen LogP contribution in [0.25, 0.3) is 0 Å². The molecule has 6 nitrogen and oxygen atoms in total. The normalized spacial score (nSPS) is 11.0. The third-order valence-electron chi connectivity index (χ3n) is 4.32. The molecule has 0 amide bonds. The molecule has 0 bridgehead atoms. The summed E-state index contributed by atoms with van der Waals surface area (Å²) in [7, 11) is 5.36. The van der Waals surface area contributed by atoms with Crippen LogP contribution >= 0.6 is 35.3 Å². The number of rotatable bonds is 7. The maximum atomic E-state index is 5.45. The highest BCUT2D eigenvalue weighted by atomic mass is 127. The Morgan fingerprint density at radius 3 is 2.36 bits per heavy atom. The van der Waals surface area contributed by atoms with Gasteiger partial charge in [0.05, 0.1) is 31.5 Å². The van der Waals surface area contributed by atoms with Crippen LogP contribution in [0.3, 0.4) is 0 Å². The summed E-state index contributed by atoms with van der Waals surface area (Å²) in [6.45, 7) is 10.4. The molecule has 28 heavy (non-hydrogen) atoms. The van der Waals surface area contributed by atoms with Crippen molar-refractivity contribution < 1.29 is 9.47 Å². The molecule has 0 aliphatic heterocycles. The lowest BCUT2D eigenvalue weighted by atomic mass is 10.1. The van der Waals surface area contributed by atoms with Crippen LogP contribution in [0, 0.1) is 20.8 Å². The van der Waals surface area contributed by atoms with Crippen LogP contribution in [0.2, 0.25) is 0 Å². The summed E-state index contributed by atoms with van der Waals surface area (Å²) in [5, 5.41) is 4.45. The number of aryl methyl sites for hydroxylation is 3. The van der Waals surface area contributed by atoms with Gasteiger partial charge < -0.3 is 19.7 Å². The van der Waals surface area contributed by atoms with Crippen molar-refractivity contribution in [2.45, 2.75) is 40.8 Å². The number of nitrogens with zero attached hydrogens (tertiary/aromatic N) is 3. The van der Waals surface area contributed by atoms with Crippen molar-refractivity contribution in [3.8, 4) is 11.5 Å². The monoisotopic (exact) mass is 518 g/mol. The number of nitrogens with one attached hydrogen (secondary N) is 1. The first-order chi connectivity index (χ1) is 12.9. The minimum atomic E-state index is 0. The van der Waals surface area contributed by atoms with E-state index in [0.717, 1.165) is 46.8 Å². The van der Waals surface area contributed by atoms with Crippen molar-refractivity contribution in [1.29, 1.82) is 0 Å². The van der Waals surface area contributed by atoms with Crippen LogP contribution in [0.4, 0.5) is 0 Å². The summed E-state index contributed by atoms with van der Waals surface area (Å²) >= 11 is 1.71. The molecular weight excluding hydrogens is 487 g/mol. The molecule has 0 aliphatic carbocycles. The van der Waals surface area contributed by atoms with Crippen molar-refractivity contribution in [3.63, 3.8) is 0 Å². The third-order valence-corrected chi connectivity index (χ3v) is 5.38. The summed E-state index contributed by atoms with van der Waals surface area (Å²) in [5.74, 6) is 2.36. The van der Waals surface area contributed by atoms with Gasteiger partial charge >= 0.3 is 0 Å². The summed E-state index contributed by atoms with van der Waals surface area (Å²) in [6.07, 6.45) is 0. The van der Waals surface area contributed by atoms with Gasteiger partial charge in [-0.25, -0.2) is 9.98 Å². The largest absolute Gasteiger partial charge is 0.493 e. The molecule has 1 aromatic heterocycles. The average Bonchev–Trinajstić information content (AvgIpc) is 2.96. The molecule has 0 spiro atoms. The van der Waals surface area contributed by atoms with Gasteiger partial charge in [0, 0.05) is 25.0 Å². The Morgan fingerprint density at radius 1 is 1.18 bits per heavy atom. The number of guanidine groups is 1. The molecule has 2 rings (SSSR count). The van der Waals surface area contributed by atoms with E-state index in [-0.39, 0.29) is 24.0 Å². The van der Waals surface area contributed by atoms with Gasteiger partial charge in [0.25, 0.3) is 0 Å². The Balaban J connectivity index is 0.00000392. The summed E-state index contributed by atoms with van der Waals surface area (Å²) in [6, 6.07) is 4.04. The van der Waals surface area contributed by atoms with Gasteiger partial charge in [-0.05, 0) is 51.0 Å². The number of aliphatic imine (C=N–C) groups is 1. The predicted octanol–water partition coefficient (Wildman–Crippen LogP) is 4.30. The van der Waals surface area contributed by atoms with Gasteiger partial charge in [-0.15, -0.1) is 35.3 Å². The zero-order valence-corrected chi connectivity index (χ0v) is 20.9. The SMILES string of the molecule is CCNC(=NCc1sc(C)nc1C)N(C)Cc1cc(OC)c(OC)cc1C.I. The molecule has 0 unspecified atom stereocenters. The zero-order valence-electron chi connectivity index (χ0n) is 17.8. The number of thiazole rings is 1. The van der Waals surface area contributed by atoms with Crippen LogP contribution in [-0.4, -0.2) is 43.7 Å². The highest BCUT2D eigenvalue weighted by Gasteiger charge is 2.13. The van der Waals surface area contributed by atoms with Gasteiger partial charge in [0.15, 0.2) is 17.5 Å². The molecule has 0 saturated carbocycles. The second kappa shape index (κ2) is 11.5. The zero-order chi connectivity index (χ0) is 20.0. The van der Waals surface area contributed by atoms with Crippen LogP contribution in [0.1, 0.15) is 33.6 Å². The first-order valence-electron chi connectivity index (χ1n) is 9.03. The Hall–Kier alpha value is -1.55. The molecule has 8 heteroatoms. The molecule has 1 heterocycles. The van der Waals surface area contributed by atoms with Crippen molar-refractivity contribution in [2.75, 3.05) is 27.8 Å². The summed E-state index contributed by atoms with van der Waals surface area (Å²) in [4.78, 5) is 12.6. The lowest BCUT2D eigenvalue weighted by Crippen LogP contribution is -2.38. The summed E-state index contributed by atoms with van der Waals surface area (Å²) < 4.78 is 10.8. The third kappa shape index (κ3) is 6.23. The minimum Gasteiger partial charge on any atom is -0.493 e. The molecule has 0 radical (unpaired) electrons. The van der Waals surface area contributed by atoms with Gasteiger partial charge in [-0.2, -0.15) is 0 Å². The molecule has 0 atom stereocenters. The average molecular weight is 518 g/mol. The fourth-order valence-electron chi connectivity index (χ4n) is 2.86. The lowest BCUT2D eigenvalue weighted by Gasteiger charge is -2.23. The Kier molecular flexibility index (Phi) is 10.0. The highest BCUT2D eigenvalue weighted by molar-refractivity contribution is 14.0. The van der Waals surface area contributed by atoms with E-state index >= 15 is 0 Å². The van der Waals surface area contributed by atoms with Crippen molar-refractivity contribution in [3.05, 3.63) is 38.8 Å². The molecule has 1 aromatic carbocycles. The van der Waals surface area contributed by atoms with E-state index in [4.69, 9.17) is 14.5 Å². The Morgan fingerprint density at radius 2 is 1.82 bits per heavy atom. The molecule has 156 valence electrons. The van der Waals surface area contributed by atoms with E-state index in [9.17, 15) is 0 Å². The number of hydrogen-bond donors (Lipinski definition) is 1.